The third-order valence-corrected chi connectivity index (χ3v) is 8.80. The lowest BCUT2D eigenvalue weighted by Crippen LogP contribution is -2.01. The van der Waals surface area contributed by atoms with Gasteiger partial charge in [0.2, 0.25) is 0 Å². The molecule has 0 radical (unpaired) electrons. The summed E-state index contributed by atoms with van der Waals surface area (Å²) in [5, 5.41) is 4.76. The Hall–Kier alpha value is -5.54. The van der Waals surface area contributed by atoms with Crippen LogP contribution in [0.2, 0.25) is 0 Å². The van der Waals surface area contributed by atoms with E-state index in [1.165, 1.54) is 21.9 Å². The zero-order valence-electron chi connectivity index (χ0n) is 23.4. The van der Waals surface area contributed by atoms with E-state index in [1.54, 1.807) is 0 Å². The summed E-state index contributed by atoms with van der Waals surface area (Å²) in [4.78, 5) is 10.1. The molecule has 0 unspecified atom stereocenters. The monoisotopic (exact) mass is 550 g/mol. The predicted molar refractivity (Wildman–Crippen MR) is 178 cm³/mol. The predicted octanol–water partition coefficient (Wildman–Crippen LogP) is 10.6. The molecule has 9 rings (SSSR count). The number of aryl methyl sites for hydroxylation is 1. The maximum absolute atomic E-state index is 6.32. The van der Waals surface area contributed by atoms with Crippen molar-refractivity contribution in [1.29, 1.82) is 0 Å². The second-order valence-electron chi connectivity index (χ2n) is 11.3. The van der Waals surface area contributed by atoms with Crippen molar-refractivity contribution in [3.8, 4) is 33.5 Å². The molecule has 0 aliphatic heterocycles. The third kappa shape index (κ3) is 3.82. The summed E-state index contributed by atoms with van der Waals surface area (Å²) in [5.41, 5.74) is 12.9. The molecule has 0 atom stereocenters. The molecular formula is C40H26N2O. The summed E-state index contributed by atoms with van der Waals surface area (Å²) in [6.45, 7) is 0. The van der Waals surface area contributed by atoms with Crippen molar-refractivity contribution in [2.45, 2.75) is 12.8 Å². The van der Waals surface area contributed by atoms with Crippen LogP contribution in [0.5, 0.6) is 0 Å². The number of fused-ring (bicyclic) bond motifs is 9. The average molecular weight is 551 g/mol. The van der Waals surface area contributed by atoms with Gasteiger partial charge in [0.25, 0.3) is 0 Å². The Morgan fingerprint density at radius 2 is 1.33 bits per heavy atom. The van der Waals surface area contributed by atoms with Crippen molar-refractivity contribution in [3.05, 3.63) is 139 Å². The van der Waals surface area contributed by atoms with Gasteiger partial charge in [-0.2, -0.15) is 0 Å². The van der Waals surface area contributed by atoms with Gasteiger partial charge in [-0.05, 0) is 52.6 Å². The van der Waals surface area contributed by atoms with E-state index in [9.17, 15) is 0 Å². The van der Waals surface area contributed by atoms with Crippen molar-refractivity contribution in [1.82, 2.24) is 9.97 Å². The molecule has 0 bridgehead atoms. The van der Waals surface area contributed by atoms with Gasteiger partial charge < -0.3 is 4.42 Å². The van der Waals surface area contributed by atoms with Gasteiger partial charge in [0.05, 0.1) is 22.9 Å². The molecule has 202 valence electrons. The van der Waals surface area contributed by atoms with Crippen molar-refractivity contribution >= 4 is 49.8 Å². The maximum Gasteiger partial charge on any atom is 0.143 e. The fourth-order valence-corrected chi connectivity index (χ4v) is 6.71. The normalized spacial score (nSPS) is 12.8. The van der Waals surface area contributed by atoms with Crippen LogP contribution in [0, 0.1) is 0 Å². The van der Waals surface area contributed by atoms with Crippen molar-refractivity contribution in [2.24, 2.45) is 0 Å². The lowest BCUT2D eigenvalue weighted by atomic mass is 9.90. The van der Waals surface area contributed by atoms with Crippen LogP contribution in [0.3, 0.4) is 0 Å². The minimum Gasteiger partial charge on any atom is -0.455 e. The van der Waals surface area contributed by atoms with Gasteiger partial charge in [-0.1, -0.05) is 115 Å². The topological polar surface area (TPSA) is 38.9 Å². The van der Waals surface area contributed by atoms with Gasteiger partial charge in [-0.15, -0.1) is 0 Å². The summed E-state index contributed by atoms with van der Waals surface area (Å²) in [7, 11) is 0. The highest BCUT2D eigenvalue weighted by Gasteiger charge is 2.17. The van der Waals surface area contributed by atoms with Crippen LogP contribution in [-0.2, 0) is 6.42 Å². The Morgan fingerprint density at radius 3 is 2.23 bits per heavy atom. The van der Waals surface area contributed by atoms with Gasteiger partial charge >= 0.3 is 0 Å². The molecule has 3 nitrogen and oxygen atoms in total. The molecule has 3 heteroatoms. The average Bonchev–Trinajstić information content (AvgIpc) is 3.47. The molecule has 0 spiro atoms. The second kappa shape index (κ2) is 9.50. The lowest BCUT2D eigenvalue weighted by Gasteiger charge is -2.17. The highest BCUT2D eigenvalue weighted by Crippen LogP contribution is 2.38. The standard InChI is InChI=1S/C40H26N2O/c1-3-14-33-30(11-1)31-12-2-4-15-34(31)39-38(33)41-24-36(42-39)26-21-19-25(20-22-26)27-9-7-10-28(23-27)29-16-8-17-35-32-13-5-6-18-37(32)43-40(29)35/h1,3-11,13-24H,2,12H2. The Labute approximate surface area is 248 Å². The number of hydrogen-bond acceptors (Lipinski definition) is 3. The van der Waals surface area contributed by atoms with E-state index in [2.05, 4.69) is 115 Å². The quantitative estimate of drug-likeness (QED) is 0.205. The fourth-order valence-electron chi connectivity index (χ4n) is 6.71. The Kier molecular flexibility index (Phi) is 5.32. The van der Waals surface area contributed by atoms with Gasteiger partial charge in [0, 0.05) is 32.8 Å². The molecule has 2 heterocycles. The van der Waals surface area contributed by atoms with E-state index in [1.807, 2.05) is 18.3 Å². The van der Waals surface area contributed by atoms with Crippen LogP contribution in [0.25, 0.3) is 83.3 Å². The van der Waals surface area contributed by atoms with Gasteiger partial charge in [0.15, 0.2) is 0 Å². The first-order valence-corrected chi connectivity index (χ1v) is 14.8. The highest BCUT2D eigenvalue weighted by atomic mass is 16.3. The van der Waals surface area contributed by atoms with Crippen molar-refractivity contribution in [2.75, 3.05) is 0 Å². The SMILES string of the molecule is C1=Cc2c(c3ccccc3c3ncc(-c4ccc(-c5cccc(-c6cccc7c6oc6ccccc67)c5)cc4)nc23)CC1. The van der Waals surface area contributed by atoms with E-state index in [0.29, 0.717) is 0 Å². The fraction of sp³-hybridized carbons (Fsp3) is 0.0500. The van der Waals surface area contributed by atoms with E-state index in [0.717, 1.165) is 79.3 Å². The van der Waals surface area contributed by atoms with Gasteiger partial charge in [-0.25, -0.2) is 4.98 Å². The van der Waals surface area contributed by atoms with Crippen LogP contribution in [0.15, 0.2) is 132 Å². The van der Waals surface area contributed by atoms with Crippen LogP contribution in [0.1, 0.15) is 17.5 Å². The molecule has 0 saturated heterocycles. The number of nitrogens with zero attached hydrogens (tertiary/aromatic N) is 2. The van der Waals surface area contributed by atoms with Crippen LogP contribution < -0.4 is 0 Å². The largest absolute Gasteiger partial charge is 0.455 e. The van der Waals surface area contributed by atoms with E-state index >= 15 is 0 Å². The molecule has 6 aromatic carbocycles. The number of aromatic nitrogens is 2. The Bertz CT molecular complexity index is 2400. The zero-order valence-corrected chi connectivity index (χ0v) is 23.4. The zero-order chi connectivity index (χ0) is 28.3. The molecule has 1 aliphatic rings. The molecule has 43 heavy (non-hydrogen) atoms. The molecule has 0 fully saturated rings. The smallest absolute Gasteiger partial charge is 0.143 e. The van der Waals surface area contributed by atoms with Crippen LogP contribution in [0.4, 0.5) is 0 Å². The van der Waals surface area contributed by atoms with Gasteiger partial charge in [-0.3, -0.25) is 4.98 Å². The molecule has 0 N–H and O–H groups in total. The number of allylic oxidation sites excluding steroid dienone is 1. The van der Waals surface area contributed by atoms with E-state index < -0.39 is 0 Å². The summed E-state index contributed by atoms with van der Waals surface area (Å²) in [6, 6.07) is 40.6. The molecule has 2 aromatic heterocycles. The first-order chi connectivity index (χ1) is 21.3. The number of rotatable bonds is 3. The lowest BCUT2D eigenvalue weighted by molar-refractivity contribution is 0.670. The molecule has 0 amide bonds. The highest BCUT2D eigenvalue weighted by molar-refractivity contribution is 6.11. The van der Waals surface area contributed by atoms with E-state index in [-0.39, 0.29) is 0 Å². The summed E-state index contributed by atoms with van der Waals surface area (Å²) >= 11 is 0. The Morgan fingerprint density at radius 1 is 0.581 bits per heavy atom. The molecule has 1 aliphatic carbocycles. The molecule has 0 saturated carbocycles. The first kappa shape index (κ1) is 24.1. The summed E-state index contributed by atoms with van der Waals surface area (Å²) < 4.78 is 6.32. The van der Waals surface area contributed by atoms with Crippen LogP contribution >= 0.6 is 0 Å². The minimum atomic E-state index is 0.890. The summed E-state index contributed by atoms with van der Waals surface area (Å²) in [5.74, 6) is 0. The molecule has 8 aromatic rings. The maximum atomic E-state index is 6.32. The van der Waals surface area contributed by atoms with Crippen molar-refractivity contribution in [3.63, 3.8) is 0 Å². The van der Waals surface area contributed by atoms with E-state index in [4.69, 9.17) is 14.4 Å². The number of hydrogen-bond donors (Lipinski definition) is 0. The molecular weight excluding hydrogens is 524 g/mol. The summed E-state index contributed by atoms with van der Waals surface area (Å²) in [6.07, 6.45) is 8.49. The minimum absolute atomic E-state index is 0.890. The Balaban J connectivity index is 1.10. The van der Waals surface area contributed by atoms with Crippen molar-refractivity contribution < 1.29 is 4.42 Å². The second-order valence-corrected chi connectivity index (χ2v) is 11.3. The first-order valence-electron chi connectivity index (χ1n) is 14.8. The van der Waals surface area contributed by atoms with Gasteiger partial charge in [0.1, 0.15) is 11.2 Å². The number of furan rings is 1. The third-order valence-electron chi connectivity index (χ3n) is 8.80. The number of benzene rings is 6. The van der Waals surface area contributed by atoms with Crippen LogP contribution in [-0.4, -0.2) is 9.97 Å². The number of para-hydroxylation sites is 2.